The highest BCUT2D eigenvalue weighted by Gasteiger charge is 2.30. The highest BCUT2D eigenvalue weighted by atomic mass is 32.2. The lowest BCUT2D eigenvalue weighted by molar-refractivity contribution is 0.0981. The zero-order valence-corrected chi connectivity index (χ0v) is 13.3. The second kappa shape index (κ2) is 6.14. The van der Waals surface area contributed by atoms with E-state index in [1.165, 1.54) is 6.07 Å². The van der Waals surface area contributed by atoms with Crippen molar-refractivity contribution in [3.63, 3.8) is 0 Å². The van der Waals surface area contributed by atoms with Crippen LogP contribution in [0.5, 0.6) is 0 Å². The summed E-state index contributed by atoms with van der Waals surface area (Å²) in [7, 11) is -3.36. The Bertz CT molecular complexity index is 647. The molecule has 0 atom stereocenters. The molecular weight excluding hydrogens is 286 g/mol. The van der Waals surface area contributed by atoms with Gasteiger partial charge in [0.15, 0.2) is 9.84 Å². The van der Waals surface area contributed by atoms with E-state index in [-0.39, 0.29) is 16.2 Å². The first kappa shape index (κ1) is 16.0. The zero-order chi connectivity index (χ0) is 15.5. The van der Waals surface area contributed by atoms with Gasteiger partial charge in [-0.1, -0.05) is 6.07 Å². The van der Waals surface area contributed by atoms with E-state index in [9.17, 15) is 8.42 Å². The summed E-state index contributed by atoms with van der Waals surface area (Å²) in [5.74, 6) is 0.0747. The maximum absolute atomic E-state index is 12.4. The molecule has 0 aromatic heterocycles. The highest BCUT2D eigenvalue weighted by Crippen LogP contribution is 2.18. The van der Waals surface area contributed by atoms with E-state index >= 15 is 0 Å². The van der Waals surface area contributed by atoms with E-state index in [1.54, 1.807) is 18.2 Å². The highest BCUT2D eigenvalue weighted by molar-refractivity contribution is 7.91. The molecular formula is C15H21N3O2S. The number of sulfone groups is 1. The Morgan fingerprint density at radius 1 is 1.43 bits per heavy atom. The molecule has 2 rings (SSSR count). The normalized spacial score (nSPS) is 19.1. The Morgan fingerprint density at radius 2 is 2.19 bits per heavy atom. The fourth-order valence-electron chi connectivity index (χ4n) is 2.54. The Labute approximate surface area is 126 Å². The van der Waals surface area contributed by atoms with Gasteiger partial charge in [0, 0.05) is 31.7 Å². The second-order valence-corrected chi connectivity index (χ2v) is 8.04. The van der Waals surface area contributed by atoms with Gasteiger partial charge in [0.25, 0.3) is 0 Å². The molecule has 1 heterocycles. The van der Waals surface area contributed by atoms with Gasteiger partial charge >= 0.3 is 0 Å². The van der Waals surface area contributed by atoms with Gasteiger partial charge in [0.05, 0.1) is 22.3 Å². The largest absolute Gasteiger partial charge is 0.314 e. The molecule has 5 nitrogen and oxygen atoms in total. The molecule has 1 aliphatic heterocycles. The van der Waals surface area contributed by atoms with E-state index in [4.69, 9.17) is 5.26 Å². The summed E-state index contributed by atoms with van der Waals surface area (Å²) >= 11 is 0. The fraction of sp³-hybridized carbons (Fsp3) is 0.533. The van der Waals surface area contributed by atoms with Gasteiger partial charge in [-0.05, 0) is 32.0 Å². The number of rotatable bonds is 4. The minimum atomic E-state index is -3.36. The van der Waals surface area contributed by atoms with E-state index < -0.39 is 9.84 Å². The molecule has 0 radical (unpaired) electrons. The summed E-state index contributed by atoms with van der Waals surface area (Å²) < 4.78 is 24.8. The lowest BCUT2D eigenvalue weighted by atomic mass is 10.0. The molecule has 114 valence electrons. The van der Waals surface area contributed by atoms with Gasteiger partial charge in [-0.25, -0.2) is 8.42 Å². The summed E-state index contributed by atoms with van der Waals surface area (Å²) in [5, 5.41) is 12.2. The van der Waals surface area contributed by atoms with Crippen LogP contribution < -0.4 is 5.32 Å². The predicted octanol–water partition coefficient (Wildman–Crippen LogP) is 1.02. The summed E-state index contributed by atoms with van der Waals surface area (Å²) in [5.41, 5.74) is 0.334. The van der Waals surface area contributed by atoms with Gasteiger partial charge in [-0.2, -0.15) is 5.26 Å². The molecule has 0 bridgehead atoms. The number of piperazine rings is 1. The van der Waals surface area contributed by atoms with Crippen molar-refractivity contribution in [2.75, 3.05) is 31.9 Å². The van der Waals surface area contributed by atoms with Crippen molar-refractivity contribution in [3.05, 3.63) is 29.8 Å². The molecule has 6 heteroatoms. The van der Waals surface area contributed by atoms with Gasteiger partial charge in [0.1, 0.15) is 0 Å². The van der Waals surface area contributed by atoms with Crippen molar-refractivity contribution in [2.24, 2.45) is 0 Å². The van der Waals surface area contributed by atoms with Crippen molar-refractivity contribution in [3.8, 4) is 6.07 Å². The smallest absolute Gasteiger partial charge is 0.179 e. The van der Waals surface area contributed by atoms with Gasteiger partial charge in [-0.3, -0.25) is 4.90 Å². The SMILES string of the molecule is CC1(C)CNCCN1CCS(=O)(=O)c1cccc(C#N)c1. The lowest BCUT2D eigenvalue weighted by Crippen LogP contribution is -2.58. The molecule has 21 heavy (non-hydrogen) atoms. The quantitative estimate of drug-likeness (QED) is 0.899. The monoisotopic (exact) mass is 307 g/mol. The summed E-state index contributed by atoms with van der Waals surface area (Å²) in [6.45, 7) is 7.32. The lowest BCUT2D eigenvalue weighted by Gasteiger charge is -2.42. The van der Waals surface area contributed by atoms with Crippen molar-refractivity contribution < 1.29 is 8.42 Å². The molecule has 0 spiro atoms. The zero-order valence-electron chi connectivity index (χ0n) is 12.5. The number of nitrogens with one attached hydrogen (secondary N) is 1. The number of nitrogens with zero attached hydrogens (tertiary/aromatic N) is 2. The number of nitriles is 1. The van der Waals surface area contributed by atoms with Gasteiger partial charge in [-0.15, -0.1) is 0 Å². The van der Waals surface area contributed by atoms with Crippen molar-refractivity contribution in [1.29, 1.82) is 5.26 Å². The van der Waals surface area contributed by atoms with E-state index in [0.29, 0.717) is 12.1 Å². The molecule has 1 aromatic carbocycles. The number of hydrogen-bond donors (Lipinski definition) is 1. The summed E-state index contributed by atoms with van der Waals surface area (Å²) in [6, 6.07) is 8.19. The molecule has 0 aliphatic carbocycles. The van der Waals surface area contributed by atoms with Crippen LogP contribution in [0.25, 0.3) is 0 Å². The minimum Gasteiger partial charge on any atom is -0.314 e. The first-order chi connectivity index (χ1) is 9.85. The topological polar surface area (TPSA) is 73.2 Å². The first-order valence-electron chi connectivity index (χ1n) is 7.04. The maximum Gasteiger partial charge on any atom is 0.179 e. The van der Waals surface area contributed by atoms with E-state index in [1.807, 2.05) is 6.07 Å². The van der Waals surface area contributed by atoms with Crippen LogP contribution in [0.2, 0.25) is 0 Å². The Balaban J connectivity index is 2.09. The molecule has 0 saturated carbocycles. The molecule has 0 unspecified atom stereocenters. The Hall–Kier alpha value is -1.42. The molecule has 1 saturated heterocycles. The van der Waals surface area contributed by atoms with Crippen molar-refractivity contribution in [1.82, 2.24) is 10.2 Å². The molecule has 1 N–H and O–H groups in total. The van der Waals surface area contributed by atoms with Crippen LogP contribution >= 0.6 is 0 Å². The molecule has 1 fully saturated rings. The third kappa shape index (κ3) is 3.82. The van der Waals surface area contributed by atoms with Gasteiger partial charge in [0.2, 0.25) is 0 Å². The van der Waals surface area contributed by atoms with Crippen LogP contribution in [0.3, 0.4) is 0 Å². The number of hydrogen-bond acceptors (Lipinski definition) is 5. The van der Waals surface area contributed by atoms with Crippen LogP contribution in [0.1, 0.15) is 19.4 Å². The molecule has 1 aromatic rings. The van der Waals surface area contributed by atoms with Crippen LogP contribution in [0.4, 0.5) is 0 Å². The minimum absolute atomic E-state index is 0.0394. The van der Waals surface area contributed by atoms with Crippen LogP contribution in [-0.4, -0.2) is 50.8 Å². The van der Waals surface area contributed by atoms with Gasteiger partial charge < -0.3 is 5.32 Å². The molecule has 0 amide bonds. The third-order valence-electron chi connectivity index (χ3n) is 3.92. The van der Waals surface area contributed by atoms with Crippen LogP contribution in [0.15, 0.2) is 29.2 Å². The summed E-state index contributed by atoms with van der Waals surface area (Å²) in [6.07, 6.45) is 0. The van der Waals surface area contributed by atoms with Crippen molar-refractivity contribution >= 4 is 9.84 Å². The van der Waals surface area contributed by atoms with Crippen LogP contribution in [0, 0.1) is 11.3 Å². The van der Waals surface area contributed by atoms with E-state index in [0.717, 1.165) is 19.6 Å². The maximum atomic E-state index is 12.4. The Kier molecular flexibility index (Phi) is 4.67. The van der Waals surface area contributed by atoms with Crippen LogP contribution in [-0.2, 0) is 9.84 Å². The predicted molar refractivity (Wildman–Crippen MR) is 81.7 cm³/mol. The standard InChI is InChI=1S/C15H21N3O2S/c1-15(2)12-17-6-7-18(15)8-9-21(19,20)14-5-3-4-13(10-14)11-16/h3-5,10,17H,6-9,12H2,1-2H3. The average molecular weight is 307 g/mol. The van der Waals surface area contributed by atoms with E-state index in [2.05, 4.69) is 24.1 Å². The van der Waals surface area contributed by atoms with Crippen molar-refractivity contribution in [2.45, 2.75) is 24.3 Å². The fourth-order valence-corrected chi connectivity index (χ4v) is 3.83. The Morgan fingerprint density at radius 3 is 2.86 bits per heavy atom. The number of benzene rings is 1. The molecule has 1 aliphatic rings. The average Bonchev–Trinajstić information content (AvgIpc) is 2.46. The first-order valence-corrected chi connectivity index (χ1v) is 8.69. The second-order valence-electron chi connectivity index (χ2n) is 5.93. The summed E-state index contributed by atoms with van der Waals surface area (Å²) in [4.78, 5) is 2.43. The third-order valence-corrected chi connectivity index (χ3v) is 5.62.